The fourth-order valence-corrected chi connectivity index (χ4v) is 7.12. The van der Waals surface area contributed by atoms with E-state index in [9.17, 15) is 0 Å². The van der Waals surface area contributed by atoms with Crippen molar-refractivity contribution in [1.82, 2.24) is 0 Å². The first-order valence-corrected chi connectivity index (χ1v) is 12.2. The summed E-state index contributed by atoms with van der Waals surface area (Å²) in [5.74, 6) is 0. The molecule has 3 heteroatoms. The highest BCUT2D eigenvalue weighted by Crippen LogP contribution is 2.46. The van der Waals surface area contributed by atoms with Crippen LogP contribution in [0.1, 0.15) is 0 Å². The molecule has 6 aromatic rings. The Morgan fingerprint density at radius 1 is 0.576 bits per heavy atom. The SMILES string of the molecule is c1ccc(N2c3cccc4c3B(c3ccccc3-4)c3ccc4sc5ccccc5c4c32)cc1. The van der Waals surface area contributed by atoms with E-state index in [2.05, 4.69) is 114 Å². The number of rotatable bonds is 1. The summed E-state index contributed by atoms with van der Waals surface area (Å²) in [4.78, 5) is 2.51. The van der Waals surface area contributed by atoms with Crippen LogP contribution in [0.5, 0.6) is 0 Å². The molecule has 0 aliphatic carbocycles. The highest BCUT2D eigenvalue weighted by Gasteiger charge is 2.42. The van der Waals surface area contributed by atoms with Gasteiger partial charge in [0, 0.05) is 31.5 Å². The summed E-state index contributed by atoms with van der Waals surface area (Å²) < 4.78 is 2.70. The number of nitrogens with zero attached hydrogens (tertiary/aromatic N) is 1. The van der Waals surface area contributed by atoms with Crippen LogP contribution in [-0.4, -0.2) is 6.71 Å². The van der Waals surface area contributed by atoms with E-state index in [4.69, 9.17) is 0 Å². The van der Waals surface area contributed by atoms with Crippen molar-refractivity contribution in [3.05, 3.63) is 109 Å². The molecule has 0 N–H and O–H groups in total. The summed E-state index contributed by atoms with van der Waals surface area (Å²) in [6.07, 6.45) is 0. The number of benzene rings is 5. The van der Waals surface area contributed by atoms with Crippen LogP contribution in [0.4, 0.5) is 17.1 Å². The Kier molecular flexibility index (Phi) is 3.42. The number of thiophene rings is 1. The summed E-state index contributed by atoms with van der Waals surface area (Å²) in [7, 11) is 0. The average molecular weight is 435 g/mol. The zero-order valence-electron chi connectivity index (χ0n) is 17.8. The van der Waals surface area contributed by atoms with Crippen molar-refractivity contribution in [2.45, 2.75) is 0 Å². The number of fused-ring (bicyclic) bond motifs is 9. The molecule has 3 heterocycles. The molecule has 1 aromatic heterocycles. The Bertz CT molecular complexity index is 1730. The van der Waals surface area contributed by atoms with E-state index in [1.165, 1.54) is 64.7 Å². The van der Waals surface area contributed by atoms with Crippen LogP contribution in [0, 0.1) is 0 Å². The second-order valence-corrected chi connectivity index (χ2v) is 9.99. The molecule has 0 amide bonds. The predicted molar refractivity (Wildman–Crippen MR) is 144 cm³/mol. The van der Waals surface area contributed by atoms with Gasteiger partial charge in [-0.1, -0.05) is 84.3 Å². The average Bonchev–Trinajstić information content (AvgIpc) is 3.42. The fraction of sp³-hybridized carbons (Fsp3) is 0. The fourth-order valence-electron chi connectivity index (χ4n) is 6.01. The standard InChI is InChI=1S/C30H18BNS/c1-2-9-19(10-3-1)32-25-15-8-13-21-20-11-4-6-14-23(20)31(29(21)25)24-17-18-27-28(30(24)32)22-12-5-7-16-26(22)33-27/h1-18H. The number of hydrogen-bond donors (Lipinski definition) is 0. The second kappa shape index (κ2) is 6.37. The molecule has 0 saturated carbocycles. The molecule has 0 fully saturated rings. The van der Waals surface area contributed by atoms with Crippen LogP contribution < -0.4 is 21.3 Å². The van der Waals surface area contributed by atoms with E-state index in [-0.39, 0.29) is 6.71 Å². The monoisotopic (exact) mass is 435 g/mol. The molecule has 33 heavy (non-hydrogen) atoms. The Hall–Kier alpha value is -3.82. The van der Waals surface area contributed by atoms with Gasteiger partial charge in [0.2, 0.25) is 6.71 Å². The summed E-state index contributed by atoms with van der Waals surface area (Å²) in [6.45, 7) is 0.269. The lowest BCUT2D eigenvalue weighted by atomic mass is 9.37. The summed E-state index contributed by atoms with van der Waals surface area (Å²) in [6, 6.07) is 40.2. The second-order valence-electron chi connectivity index (χ2n) is 8.90. The van der Waals surface area contributed by atoms with E-state index in [0.29, 0.717) is 0 Å². The highest BCUT2D eigenvalue weighted by atomic mass is 32.1. The van der Waals surface area contributed by atoms with Crippen molar-refractivity contribution in [2.75, 3.05) is 4.90 Å². The third kappa shape index (κ3) is 2.23. The number of hydrogen-bond acceptors (Lipinski definition) is 2. The van der Waals surface area contributed by atoms with Crippen molar-refractivity contribution in [1.29, 1.82) is 0 Å². The third-order valence-corrected chi connectivity index (χ3v) is 8.41. The van der Waals surface area contributed by atoms with Crippen molar-refractivity contribution in [3.63, 3.8) is 0 Å². The molecule has 2 aliphatic rings. The predicted octanol–water partition coefficient (Wildman–Crippen LogP) is 6.33. The molecule has 0 radical (unpaired) electrons. The van der Waals surface area contributed by atoms with Crippen LogP contribution >= 0.6 is 11.3 Å². The molecule has 2 aliphatic heterocycles. The Balaban J connectivity index is 1.58. The Morgan fingerprint density at radius 2 is 1.36 bits per heavy atom. The van der Waals surface area contributed by atoms with Gasteiger partial charge in [-0.05, 0) is 52.4 Å². The molecular formula is C30H18BNS. The first-order chi connectivity index (χ1) is 16.4. The van der Waals surface area contributed by atoms with Gasteiger partial charge in [-0.15, -0.1) is 11.3 Å². The van der Waals surface area contributed by atoms with Gasteiger partial charge in [-0.3, -0.25) is 0 Å². The lowest BCUT2D eigenvalue weighted by Crippen LogP contribution is -2.54. The maximum atomic E-state index is 2.51. The van der Waals surface area contributed by atoms with Crippen molar-refractivity contribution in [2.24, 2.45) is 0 Å². The van der Waals surface area contributed by atoms with Crippen molar-refractivity contribution < 1.29 is 0 Å². The van der Waals surface area contributed by atoms with E-state index in [1.54, 1.807) is 0 Å². The van der Waals surface area contributed by atoms with Gasteiger partial charge in [0.1, 0.15) is 0 Å². The van der Waals surface area contributed by atoms with Gasteiger partial charge in [-0.2, -0.15) is 0 Å². The van der Waals surface area contributed by atoms with Gasteiger partial charge >= 0.3 is 0 Å². The van der Waals surface area contributed by atoms with Crippen LogP contribution in [0.2, 0.25) is 0 Å². The Morgan fingerprint density at radius 3 is 2.30 bits per heavy atom. The van der Waals surface area contributed by atoms with Gasteiger partial charge in [0.25, 0.3) is 0 Å². The quantitative estimate of drug-likeness (QED) is 0.272. The first-order valence-electron chi connectivity index (χ1n) is 11.4. The lowest BCUT2D eigenvalue weighted by Gasteiger charge is -2.36. The maximum absolute atomic E-state index is 2.51. The van der Waals surface area contributed by atoms with Gasteiger partial charge in [-0.25, -0.2) is 0 Å². The molecule has 0 bridgehead atoms. The lowest BCUT2D eigenvalue weighted by molar-refractivity contribution is 1.31. The summed E-state index contributed by atoms with van der Waals surface area (Å²) in [5.41, 5.74) is 10.9. The molecule has 0 spiro atoms. The topological polar surface area (TPSA) is 3.24 Å². The van der Waals surface area contributed by atoms with Crippen molar-refractivity contribution in [3.8, 4) is 11.1 Å². The smallest absolute Gasteiger partial charge is 0.248 e. The minimum absolute atomic E-state index is 0.269. The molecule has 5 aromatic carbocycles. The largest absolute Gasteiger partial charge is 0.311 e. The van der Waals surface area contributed by atoms with Crippen molar-refractivity contribution >= 4 is 71.7 Å². The number of anilines is 3. The molecule has 0 unspecified atom stereocenters. The van der Waals surface area contributed by atoms with E-state index >= 15 is 0 Å². The first kappa shape index (κ1) is 17.7. The number of para-hydroxylation sites is 1. The molecule has 152 valence electrons. The van der Waals surface area contributed by atoms with Gasteiger partial charge < -0.3 is 4.90 Å². The molecule has 8 rings (SSSR count). The minimum Gasteiger partial charge on any atom is -0.311 e. The van der Waals surface area contributed by atoms with Crippen LogP contribution in [0.3, 0.4) is 0 Å². The molecule has 0 saturated heterocycles. The van der Waals surface area contributed by atoms with Crippen LogP contribution in [0.15, 0.2) is 109 Å². The van der Waals surface area contributed by atoms with Gasteiger partial charge in [0.15, 0.2) is 0 Å². The normalized spacial score (nSPS) is 13.3. The minimum atomic E-state index is 0.269. The molecular weight excluding hydrogens is 417 g/mol. The summed E-state index contributed by atoms with van der Waals surface area (Å²) in [5, 5.41) is 2.72. The van der Waals surface area contributed by atoms with Crippen LogP contribution in [0.25, 0.3) is 31.3 Å². The van der Waals surface area contributed by atoms with E-state index in [0.717, 1.165) is 0 Å². The zero-order valence-corrected chi connectivity index (χ0v) is 18.6. The third-order valence-electron chi connectivity index (χ3n) is 7.27. The van der Waals surface area contributed by atoms with E-state index < -0.39 is 0 Å². The highest BCUT2D eigenvalue weighted by molar-refractivity contribution is 7.26. The Labute approximate surface area is 196 Å². The maximum Gasteiger partial charge on any atom is 0.248 e. The van der Waals surface area contributed by atoms with E-state index in [1.807, 2.05) is 11.3 Å². The zero-order chi connectivity index (χ0) is 21.5. The van der Waals surface area contributed by atoms with Gasteiger partial charge in [0.05, 0.1) is 5.69 Å². The molecule has 1 nitrogen and oxygen atoms in total. The van der Waals surface area contributed by atoms with Crippen LogP contribution in [-0.2, 0) is 0 Å². The summed E-state index contributed by atoms with van der Waals surface area (Å²) >= 11 is 1.89. The molecule has 0 atom stereocenters.